The van der Waals surface area contributed by atoms with Crippen molar-refractivity contribution in [3.63, 3.8) is 0 Å². The van der Waals surface area contributed by atoms with Crippen molar-refractivity contribution in [3.05, 3.63) is 104 Å². The molecule has 0 aliphatic heterocycles. The van der Waals surface area contributed by atoms with Crippen molar-refractivity contribution < 1.29 is 9.18 Å². The zero-order valence-corrected chi connectivity index (χ0v) is 24.9. The largest absolute Gasteiger partial charge is 0.323 e. The molecular weight excluding hydrogens is 571 g/mol. The van der Waals surface area contributed by atoms with Crippen LogP contribution in [0.5, 0.6) is 0 Å². The minimum absolute atomic E-state index is 0.114. The van der Waals surface area contributed by atoms with Gasteiger partial charge in [0.15, 0.2) is 5.82 Å². The van der Waals surface area contributed by atoms with E-state index < -0.39 is 11.2 Å². The maximum Gasteiger partial charge on any atom is 0.274 e. The molecule has 2 aromatic carbocycles. The van der Waals surface area contributed by atoms with Crippen molar-refractivity contribution in [2.75, 3.05) is 5.32 Å². The SMILES string of the molecule is Cc1cnc(-c2cccc(NC(=O)C3(C)CC3)c2F)cc1-n1c(C)cc([C@H]2C[C@@H]2c2cccc3ncsc23)c(Cl)c1=O. The third-order valence-corrected chi connectivity index (χ3v) is 10.00. The number of rotatable bonds is 6. The summed E-state index contributed by atoms with van der Waals surface area (Å²) in [5.74, 6) is -0.306. The summed E-state index contributed by atoms with van der Waals surface area (Å²) in [6.45, 7) is 5.62. The van der Waals surface area contributed by atoms with Crippen LogP contribution in [0.3, 0.4) is 0 Å². The van der Waals surface area contributed by atoms with Crippen molar-refractivity contribution in [1.82, 2.24) is 14.5 Å². The summed E-state index contributed by atoms with van der Waals surface area (Å²) in [6.07, 6.45) is 4.13. The highest BCUT2D eigenvalue weighted by Gasteiger charge is 2.45. The van der Waals surface area contributed by atoms with E-state index in [1.807, 2.05) is 44.5 Å². The van der Waals surface area contributed by atoms with E-state index in [-0.39, 0.29) is 39.6 Å². The van der Waals surface area contributed by atoms with Gasteiger partial charge in [0.05, 0.1) is 32.8 Å². The number of aromatic nitrogens is 3. The molecule has 2 fully saturated rings. The Morgan fingerprint density at radius 1 is 1.10 bits per heavy atom. The number of aryl methyl sites for hydroxylation is 2. The summed E-state index contributed by atoms with van der Waals surface area (Å²) < 4.78 is 18.4. The fraction of sp³-hybridized carbons (Fsp3) is 0.273. The molecule has 0 saturated heterocycles. The highest BCUT2D eigenvalue weighted by molar-refractivity contribution is 7.17. The Bertz CT molecular complexity index is 1980. The fourth-order valence-corrected chi connectivity index (χ4v) is 6.95. The molecule has 2 atom stereocenters. The second kappa shape index (κ2) is 9.85. The van der Waals surface area contributed by atoms with Gasteiger partial charge in [0.1, 0.15) is 5.02 Å². The molecule has 6 nitrogen and oxygen atoms in total. The van der Waals surface area contributed by atoms with E-state index in [2.05, 4.69) is 21.4 Å². The van der Waals surface area contributed by atoms with Crippen LogP contribution in [-0.2, 0) is 4.79 Å². The molecule has 3 aromatic heterocycles. The lowest BCUT2D eigenvalue weighted by Crippen LogP contribution is -2.23. The second-order valence-corrected chi connectivity index (χ2v) is 13.0. The molecule has 5 aromatic rings. The van der Waals surface area contributed by atoms with E-state index in [1.165, 1.54) is 10.3 Å². The standard InChI is InChI=1S/C33H28ClFN4O2S/c1-17-15-36-26(20-7-5-8-24(29(20)35)38-32(41)33(3)10-11-33)14-27(17)39-18(2)12-23(28(34)31(39)40)22-13-21(22)19-6-4-9-25-30(19)42-16-37-25/h4-9,12,14-16,21-22H,10-11,13H2,1-3H3,(H,38,41)/t21-,22+/m1/s1. The normalized spacial score (nSPS) is 18.7. The second-order valence-electron chi connectivity index (χ2n) is 11.7. The number of carbonyl (C=O) groups is 1. The first-order chi connectivity index (χ1) is 20.2. The predicted molar refractivity (Wildman–Crippen MR) is 165 cm³/mol. The molecule has 42 heavy (non-hydrogen) atoms. The van der Waals surface area contributed by atoms with Gasteiger partial charge in [-0.3, -0.25) is 19.1 Å². The molecular formula is C33H28ClFN4O2S. The number of anilines is 1. The van der Waals surface area contributed by atoms with Gasteiger partial charge in [-0.05, 0) is 92.0 Å². The van der Waals surface area contributed by atoms with Crippen LogP contribution in [0.4, 0.5) is 10.1 Å². The Morgan fingerprint density at radius 2 is 1.86 bits per heavy atom. The average molecular weight is 599 g/mol. The number of benzene rings is 2. The summed E-state index contributed by atoms with van der Waals surface area (Å²) >= 11 is 8.43. The molecule has 2 aliphatic carbocycles. The van der Waals surface area contributed by atoms with Gasteiger partial charge in [0.25, 0.3) is 5.56 Å². The number of hydrogen-bond acceptors (Lipinski definition) is 5. The summed E-state index contributed by atoms with van der Waals surface area (Å²) in [4.78, 5) is 35.3. The van der Waals surface area contributed by atoms with Crippen LogP contribution in [0, 0.1) is 25.1 Å². The van der Waals surface area contributed by atoms with Crippen LogP contribution < -0.4 is 10.9 Å². The van der Waals surface area contributed by atoms with E-state index in [4.69, 9.17) is 11.6 Å². The minimum Gasteiger partial charge on any atom is -0.323 e. The minimum atomic E-state index is -0.564. The summed E-state index contributed by atoms with van der Waals surface area (Å²) in [7, 11) is 0. The van der Waals surface area contributed by atoms with Gasteiger partial charge >= 0.3 is 0 Å². The zero-order chi connectivity index (χ0) is 29.3. The number of carbonyl (C=O) groups excluding carboxylic acids is 1. The fourth-order valence-electron chi connectivity index (χ4n) is 5.80. The molecule has 0 radical (unpaired) electrons. The first-order valence-corrected chi connectivity index (χ1v) is 15.2. The lowest BCUT2D eigenvalue weighted by Gasteiger charge is -2.17. The Hall–Kier alpha value is -3.88. The molecule has 2 aliphatic rings. The monoisotopic (exact) mass is 598 g/mol. The van der Waals surface area contributed by atoms with Gasteiger partial charge in [0, 0.05) is 22.9 Å². The summed E-state index contributed by atoms with van der Waals surface area (Å²) in [5, 5.41) is 2.94. The Labute approximate surface area is 251 Å². The molecule has 0 unspecified atom stereocenters. The number of nitrogens with zero attached hydrogens (tertiary/aromatic N) is 3. The van der Waals surface area contributed by atoms with Crippen molar-refractivity contribution in [3.8, 4) is 16.9 Å². The number of fused-ring (bicyclic) bond motifs is 1. The molecule has 0 bridgehead atoms. The Kier molecular flexibility index (Phi) is 6.33. The number of hydrogen-bond donors (Lipinski definition) is 1. The topological polar surface area (TPSA) is 76.9 Å². The van der Waals surface area contributed by atoms with E-state index in [0.29, 0.717) is 11.4 Å². The smallest absolute Gasteiger partial charge is 0.274 e. The average Bonchev–Trinajstić information content (AvgIpc) is 3.88. The van der Waals surface area contributed by atoms with E-state index in [0.717, 1.165) is 41.6 Å². The zero-order valence-electron chi connectivity index (χ0n) is 23.4. The quantitative estimate of drug-likeness (QED) is 0.215. The molecule has 1 N–H and O–H groups in total. The van der Waals surface area contributed by atoms with Gasteiger partial charge < -0.3 is 5.32 Å². The van der Waals surface area contributed by atoms with Crippen LogP contribution in [-0.4, -0.2) is 20.4 Å². The van der Waals surface area contributed by atoms with Crippen molar-refractivity contribution in [1.29, 1.82) is 0 Å². The lowest BCUT2D eigenvalue weighted by molar-refractivity contribution is -0.120. The number of thiazole rings is 1. The number of halogens is 2. The van der Waals surface area contributed by atoms with E-state index in [9.17, 15) is 9.59 Å². The third-order valence-electron chi connectivity index (χ3n) is 8.72. The van der Waals surface area contributed by atoms with E-state index in [1.54, 1.807) is 46.4 Å². The maximum atomic E-state index is 15.6. The van der Waals surface area contributed by atoms with Crippen molar-refractivity contribution >= 4 is 44.7 Å². The summed E-state index contributed by atoms with van der Waals surface area (Å²) in [6, 6.07) is 14.7. The van der Waals surface area contributed by atoms with Gasteiger partial charge in [-0.25, -0.2) is 9.37 Å². The molecule has 2 saturated carbocycles. The predicted octanol–water partition coefficient (Wildman–Crippen LogP) is 7.93. The van der Waals surface area contributed by atoms with Crippen LogP contribution >= 0.6 is 22.9 Å². The Morgan fingerprint density at radius 3 is 2.64 bits per heavy atom. The highest BCUT2D eigenvalue weighted by atomic mass is 35.5. The van der Waals surface area contributed by atoms with Gasteiger partial charge in [-0.1, -0.05) is 36.7 Å². The van der Waals surface area contributed by atoms with Crippen LogP contribution in [0.15, 0.2) is 65.0 Å². The number of pyridine rings is 2. The molecule has 7 rings (SSSR count). The van der Waals surface area contributed by atoms with Crippen LogP contribution in [0.25, 0.3) is 27.2 Å². The Balaban J connectivity index is 1.23. The molecule has 0 spiro atoms. The van der Waals surface area contributed by atoms with Crippen molar-refractivity contribution in [2.45, 2.75) is 51.9 Å². The van der Waals surface area contributed by atoms with Gasteiger partial charge in [-0.2, -0.15) is 0 Å². The van der Waals surface area contributed by atoms with E-state index >= 15 is 4.39 Å². The summed E-state index contributed by atoms with van der Waals surface area (Å²) in [5.41, 5.74) is 6.99. The third kappa shape index (κ3) is 4.44. The molecule has 212 valence electrons. The number of amides is 1. The molecule has 1 amide bonds. The maximum absolute atomic E-state index is 15.6. The number of nitrogens with one attached hydrogen (secondary N) is 1. The van der Waals surface area contributed by atoms with Gasteiger partial charge in [0.2, 0.25) is 5.91 Å². The van der Waals surface area contributed by atoms with Crippen LogP contribution in [0.2, 0.25) is 5.02 Å². The van der Waals surface area contributed by atoms with Gasteiger partial charge in [-0.15, -0.1) is 11.3 Å². The molecule has 3 heterocycles. The first kappa shape index (κ1) is 27.0. The molecule has 9 heteroatoms. The lowest BCUT2D eigenvalue weighted by atomic mass is 10.0. The van der Waals surface area contributed by atoms with Crippen molar-refractivity contribution in [2.24, 2.45) is 5.41 Å². The van der Waals surface area contributed by atoms with Crippen LogP contribution in [0.1, 0.15) is 60.4 Å². The first-order valence-electron chi connectivity index (χ1n) is 14.0. The highest BCUT2D eigenvalue weighted by Crippen LogP contribution is 2.57.